The Morgan fingerprint density at radius 3 is 2.50 bits per heavy atom. The molecular formula is C21H19NO4. The second-order valence-corrected chi connectivity index (χ2v) is 6.11. The molecular weight excluding hydrogens is 330 g/mol. The topological polar surface area (TPSA) is 66.8 Å². The minimum atomic E-state index is -0.467. The molecule has 2 aromatic carbocycles. The fourth-order valence-electron chi connectivity index (χ4n) is 3.22. The minimum Gasteiger partial charge on any atom is -0.501 e. The van der Waals surface area contributed by atoms with E-state index < -0.39 is 11.2 Å². The van der Waals surface area contributed by atoms with Gasteiger partial charge in [0.05, 0.1) is 5.39 Å². The molecule has 132 valence electrons. The molecule has 0 aliphatic carbocycles. The summed E-state index contributed by atoms with van der Waals surface area (Å²) >= 11 is 0. The maximum Gasteiger partial charge on any atom is 0.235 e. The van der Waals surface area contributed by atoms with Crippen LogP contribution in [-0.4, -0.2) is 18.2 Å². The van der Waals surface area contributed by atoms with Crippen LogP contribution in [0.1, 0.15) is 13.8 Å². The molecule has 5 heteroatoms. The third kappa shape index (κ3) is 2.52. The number of aromatic hydroxyl groups is 1. The smallest absolute Gasteiger partial charge is 0.235 e. The summed E-state index contributed by atoms with van der Waals surface area (Å²) in [4.78, 5) is 14.6. The van der Waals surface area contributed by atoms with Gasteiger partial charge >= 0.3 is 0 Å². The zero-order valence-electron chi connectivity index (χ0n) is 14.7. The molecule has 4 aromatic rings. The Bertz CT molecular complexity index is 1150. The quantitative estimate of drug-likeness (QED) is 0.575. The number of benzene rings is 2. The molecule has 2 aromatic heterocycles. The van der Waals surface area contributed by atoms with Crippen molar-refractivity contribution in [3.8, 4) is 17.3 Å². The van der Waals surface area contributed by atoms with E-state index in [9.17, 15) is 9.90 Å². The molecule has 1 N–H and O–H groups in total. The van der Waals surface area contributed by atoms with Gasteiger partial charge in [-0.2, -0.15) is 0 Å². The third-order valence-corrected chi connectivity index (χ3v) is 4.63. The lowest BCUT2D eigenvalue weighted by Gasteiger charge is -2.20. The molecule has 0 saturated carbocycles. The van der Waals surface area contributed by atoms with Crippen LogP contribution in [0.3, 0.4) is 0 Å². The minimum absolute atomic E-state index is 0.0503. The van der Waals surface area contributed by atoms with Crippen molar-refractivity contribution in [3.63, 3.8) is 0 Å². The second kappa shape index (κ2) is 6.26. The van der Waals surface area contributed by atoms with E-state index in [2.05, 4.69) is 18.7 Å². The number of hydrogen-bond donors (Lipinski definition) is 1. The summed E-state index contributed by atoms with van der Waals surface area (Å²) in [6.07, 6.45) is 0. The molecule has 0 amide bonds. The van der Waals surface area contributed by atoms with Crippen molar-refractivity contribution >= 4 is 27.6 Å². The predicted molar refractivity (Wildman–Crippen MR) is 103 cm³/mol. The van der Waals surface area contributed by atoms with Crippen molar-refractivity contribution in [2.45, 2.75) is 13.8 Å². The standard InChI is InChI=1S/C21H19NO4/c1-3-22(4-2)14-10-9-13-11-18(25-17(13)12-14)21-20(24)19(23)15-7-5-6-8-16(15)26-21/h5-12,24H,3-4H2,1-2H3. The molecule has 4 rings (SSSR count). The normalized spacial score (nSPS) is 11.3. The summed E-state index contributed by atoms with van der Waals surface area (Å²) in [6, 6.07) is 14.6. The molecule has 26 heavy (non-hydrogen) atoms. The molecule has 0 fully saturated rings. The van der Waals surface area contributed by atoms with Gasteiger partial charge in [0.25, 0.3) is 0 Å². The van der Waals surface area contributed by atoms with E-state index in [1.165, 1.54) is 0 Å². The van der Waals surface area contributed by atoms with Crippen molar-refractivity contribution < 1.29 is 13.9 Å². The average Bonchev–Trinajstić information content (AvgIpc) is 3.09. The molecule has 0 spiro atoms. The van der Waals surface area contributed by atoms with Crippen molar-refractivity contribution in [2.24, 2.45) is 0 Å². The molecule has 0 saturated heterocycles. The molecule has 0 bridgehead atoms. The average molecular weight is 349 g/mol. The number of para-hydroxylation sites is 1. The SMILES string of the molecule is CCN(CC)c1ccc2cc(-c3oc4ccccc4c(=O)c3O)oc2c1. The van der Waals surface area contributed by atoms with Crippen LogP contribution >= 0.6 is 0 Å². The van der Waals surface area contributed by atoms with Gasteiger partial charge < -0.3 is 18.8 Å². The fraction of sp³-hybridized carbons (Fsp3) is 0.190. The Labute approximate surface area is 150 Å². The summed E-state index contributed by atoms with van der Waals surface area (Å²) < 4.78 is 11.7. The van der Waals surface area contributed by atoms with E-state index in [1.54, 1.807) is 30.3 Å². The first-order valence-electron chi connectivity index (χ1n) is 8.66. The maximum absolute atomic E-state index is 12.4. The molecule has 0 aliphatic heterocycles. The number of nitrogens with zero attached hydrogens (tertiary/aromatic N) is 1. The molecule has 0 unspecified atom stereocenters. The fourth-order valence-corrected chi connectivity index (χ4v) is 3.22. The Morgan fingerprint density at radius 1 is 0.962 bits per heavy atom. The molecule has 0 radical (unpaired) electrons. The Kier molecular flexibility index (Phi) is 3.92. The van der Waals surface area contributed by atoms with Gasteiger partial charge in [0.2, 0.25) is 16.9 Å². The number of anilines is 1. The number of fused-ring (bicyclic) bond motifs is 2. The highest BCUT2D eigenvalue weighted by atomic mass is 16.4. The van der Waals surface area contributed by atoms with Crippen LogP contribution in [0.15, 0.2) is 62.2 Å². The van der Waals surface area contributed by atoms with E-state index in [-0.39, 0.29) is 5.76 Å². The van der Waals surface area contributed by atoms with Gasteiger partial charge in [-0.1, -0.05) is 12.1 Å². The van der Waals surface area contributed by atoms with E-state index >= 15 is 0 Å². The Morgan fingerprint density at radius 2 is 1.73 bits per heavy atom. The Balaban J connectivity index is 1.88. The van der Waals surface area contributed by atoms with Crippen LogP contribution in [0, 0.1) is 0 Å². The zero-order valence-corrected chi connectivity index (χ0v) is 14.7. The number of hydrogen-bond acceptors (Lipinski definition) is 5. The first-order chi connectivity index (χ1) is 12.6. The van der Waals surface area contributed by atoms with E-state index in [0.717, 1.165) is 24.2 Å². The lowest BCUT2D eigenvalue weighted by atomic mass is 10.2. The summed E-state index contributed by atoms with van der Waals surface area (Å²) in [5.41, 5.74) is 1.69. The molecule has 2 heterocycles. The Hall–Kier alpha value is -3.21. The maximum atomic E-state index is 12.4. The van der Waals surface area contributed by atoms with Gasteiger partial charge in [0.15, 0.2) is 5.76 Å². The van der Waals surface area contributed by atoms with Crippen LogP contribution < -0.4 is 10.3 Å². The highest BCUT2D eigenvalue weighted by molar-refractivity contribution is 5.87. The van der Waals surface area contributed by atoms with Crippen molar-refractivity contribution in [1.82, 2.24) is 0 Å². The van der Waals surface area contributed by atoms with Gasteiger partial charge in [-0.3, -0.25) is 4.79 Å². The van der Waals surface area contributed by atoms with Crippen molar-refractivity contribution in [2.75, 3.05) is 18.0 Å². The lowest BCUT2D eigenvalue weighted by molar-refractivity contribution is 0.442. The predicted octanol–water partition coefficient (Wildman–Crippen LogP) is 4.76. The molecule has 0 aliphatic rings. The van der Waals surface area contributed by atoms with Crippen LogP contribution in [-0.2, 0) is 0 Å². The lowest BCUT2D eigenvalue weighted by Crippen LogP contribution is -2.21. The summed E-state index contributed by atoms with van der Waals surface area (Å²) in [7, 11) is 0. The molecule has 0 atom stereocenters. The van der Waals surface area contributed by atoms with Gasteiger partial charge in [-0.05, 0) is 44.2 Å². The van der Waals surface area contributed by atoms with Gasteiger partial charge in [-0.15, -0.1) is 0 Å². The first kappa shape index (κ1) is 16.3. The van der Waals surface area contributed by atoms with Crippen molar-refractivity contribution in [3.05, 3.63) is 58.8 Å². The van der Waals surface area contributed by atoms with E-state index in [4.69, 9.17) is 8.83 Å². The monoisotopic (exact) mass is 349 g/mol. The van der Waals surface area contributed by atoms with Crippen LogP contribution in [0.25, 0.3) is 33.5 Å². The van der Waals surface area contributed by atoms with Crippen molar-refractivity contribution in [1.29, 1.82) is 0 Å². The van der Waals surface area contributed by atoms with Gasteiger partial charge in [-0.25, -0.2) is 0 Å². The summed E-state index contributed by atoms with van der Waals surface area (Å²) in [5.74, 6) is -0.0574. The zero-order chi connectivity index (χ0) is 18.3. The van der Waals surface area contributed by atoms with Crippen LogP contribution in [0.2, 0.25) is 0 Å². The molecule has 5 nitrogen and oxygen atoms in total. The van der Waals surface area contributed by atoms with Gasteiger partial charge in [0.1, 0.15) is 11.2 Å². The largest absolute Gasteiger partial charge is 0.501 e. The number of furan rings is 1. The van der Waals surface area contributed by atoms with Gasteiger partial charge in [0, 0.05) is 30.2 Å². The first-order valence-corrected chi connectivity index (χ1v) is 8.66. The second-order valence-electron chi connectivity index (χ2n) is 6.11. The summed E-state index contributed by atoms with van der Waals surface area (Å²) in [5, 5.41) is 11.5. The highest BCUT2D eigenvalue weighted by Gasteiger charge is 2.19. The van der Waals surface area contributed by atoms with Crippen LogP contribution in [0.4, 0.5) is 5.69 Å². The summed E-state index contributed by atoms with van der Waals surface area (Å²) in [6.45, 7) is 6.00. The van der Waals surface area contributed by atoms with Crippen LogP contribution in [0.5, 0.6) is 5.75 Å². The van der Waals surface area contributed by atoms with E-state index in [0.29, 0.717) is 22.3 Å². The highest BCUT2D eigenvalue weighted by Crippen LogP contribution is 2.35. The third-order valence-electron chi connectivity index (χ3n) is 4.63. The number of rotatable bonds is 4. The van der Waals surface area contributed by atoms with E-state index in [1.807, 2.05) is 18.2 Å².